The first-order chi connectivity index (χ1) is 17.4. The molecule has 0 amide bonds. The summed E-state index contributed by atoms with van der Waals surface area (Å²) >= 11 is 6.40. The smallest absolute Gasteiger partial charge is 0.341 e. The van der Waals surface area contributed by atoms with Crippen LogP contribution < -0.4 is 14.2 Å². The van der Waals surface area contributed by atoms with E-state index in [0.717, 1.165) is 22.5 Å². The second-order valence-electron chi connectivity index (χ2n) is 8.38. The topological polar surface area (TPSA) is 91.0 Å². The van der Waals surface area contributed by atoms with E-state index in [4.69, 9.17) is 35.4 Å². The summed E-state index contributed by atoms with van der Waals surface area (Å²) in [5.41, 5.74) is 3.34. The van der Waals surface area contributed by atoms with Crippen molar-refractivity contribution in [3.05, 3.63) is 94.7 Å². The predicted octanol–water partition coefficient (Wildman–Crippen LogP) is 6.74. The van der Waals surface area contributed by atoms with Gasteiger partial charge in [0.15, 0.2) is 6.61 Å². The van der Waals surface area contributed by atoms with Crippen molar-refractivity contribution in [3.8, 4) is 28.5 Å². The van der Waals surface area contributed by atoms with Gasteiger partial charge in [0.2, 0.25) is 0 Å². The Labute approximate surface area is 214 Å². The Morgan fingerprint density at radius 3 is 2.08 bits per heavy atom. The van der Waals surface area contributed by atoms with Gasteiger partial charge in [-0.05, 0) is 48.0 Å². The standard InChI is InChI=1S/C28H26ClNO6/c1-18(2)28-24(27(30-36-28)23-5-3-4-6-25(23)29)16-34-20-9-7-19(8-10-20)15-33-21-11-13-22(14-12-21)35-17-26(31)32/h3-14,18H,15-17H2,1-2H3,(H,31,32). The molecule has 1 aromatic heterocycles. The average molecular weight is 508 g/mol. The van der Waals surface area contributed by atoms with Gasteiger partial charge >= 0.3 is 5.97 Å². The SMILES string of the molecule is CC(C)c1onc(-c2ccccc2Cl)c1COc1ccc(COc2ccc(OCC(=O)O)cc2)cc1. The van der Waals surface area contributed by atoms with Crippen LogP contribution in [0.5, 0.6) is 17.2 Å². The fraction of sp³-hybridized carbons (Fsp3) is 0.214. The molecule has 0 bridgehead atoms. The third-order valence-corrected chi connectivity index (χ3v) is 5.70. The minimum atomic E-state index is -1.02. The van der Waals surface area contributed by atoms with Crippen LogP contribution in [0.4, 0.5) is 0 Å². The highest BCUT2D eigenvalue weighted by atomic mass is 35.5. The summed E-state index contributed by atoms with van der Waals surface area (Å²) in [5.74, 6) is 1.72. The molecule has 4 rings (SSSR count). The molecule has 0 aliphatic rings. The van der Waals surface area contributed by atoms with Gasteiger partial charge in [-0.25, -0.2) is 4.79 Å². The van der Waals surface area contributed by atoms with E-state index in [-0.39, 0.29) is 12.5 Å². The lowest BCUT2D eigenvalue weighted by molar-refractivity contribution is -0.139. The fourth-order valence-electron chi connectivity index (χ4n) is 3.56. The summed E-state index contributed by atoms with van der Waals surface area (Å²) in [6.07, 6.45) is 0. The number of nitrogens with zero attached hydrogens (tertiary/aromatic N) is 1. The van der Waals surface area contributed by atoms with E-state index in [1.807, 2.05) is 62.4 Å². The first kappa shape index (κ1) is 25.1. The zero-order valence-electron chi connectivity index (χ0n) is 19.9. The van der Waals surface area contributed by atoms with Gasteiger partial charge in [-0.2, -0.15) is 0 Å². The molecule has 4 aromatic rings. The Morgan fingerprint density at radius 1 is 0.889 bits per heavy atom. The van der Waals surface area contributed by atoms with E-state index in [1.165, 1.54) is 0 Å². The third kappa shape index (κ3) is 6.37. The molecule has 0 spiro atoms. The molecule has 36 heavy (non-hydrogen) atoms. The molecular weight excluding hydrogens is 482 g/mol. The molecule has 186 valence electrons. The molecule has 0 unspecified atom stereocenters. The number of carboxylic acid groups (broad SMARTS) is 1. The maximum absolute atomic E-state index is 10.6. The number of aliphatic carboxylic acids is 1. The number of aromatic nitrogens is 1. The van der Waals surface area contributed by atoms with E-state index in [1.54, 1.807) is 24.3 Å². The quantitative estimate of drug-likeness (QED) is 0.240. The predicted molar refractivity (Wildman–Crippen MR) is 136 cm³/mol. The van der Waals surface area contributed by atoms with Crippen molar-refractivity contribution in [1.82, 2.24) is 5.16 Å². The number of hydrogen-bond donors (Lipinski definition) is 1. The number of hydrogen-bond acceptors (Lipinski definition) is 6. The minimum absolute atomic E-state index is 0.143. The first-order valence-corrected chi connectivity index (χ1v) is 11.8. The van der Waals surface area contributed by atoms with E-state index in [2.05, 4.69) is 5.16 Å². The lowest BCUT2D eigenvalue weighted by atomic mass is 10.0. The van der Waals surface area contributed by atoms with E-state index < -0.39 is 5.97 Å². The van der Waals surface area contributed by atoms with Crippen molar-refractivity contribution in [2.75, 3.05) is 6.61 Å². The molecule has 3 aromatic carbocycles. The molecule has 0 aliphatic heterocycles. The van der Waals surface area contributed by atoms with Crippen LogP contribution in [0, 0.1) is 0 Å². The Bertz CT molecular complexity index is 1300. The number of benzene rings is 3. The monoisotopic (exact) mass is 507 g/mol. The molecule has 0 fully saturated rings. The lowest BCUT2D eigenvalue weighted by Crippen LogP contribution is -2.09. The van der Waals surface area contributed by atoms with Gasteiger partial charge in [0.05, 0.1) is 10.6 Å². The van der Waals surface area contributed by atoms with Gasteiger partial charge in [0.25, 0.3) is 0 Å². The first-order valence-electron chi connectivity index (χ1n) is 11.4. The van der Waals surface area contributed by atoms with Gasteiger partial charge < -0.3 is 23.8 Å². The number of carboxylic acids is 1. The molecule has 7 nitrogen and oxygen atoms in total. The summed E-state index contributed by atoms with van der Waals surface area (Å²) < 4.78 is 22.6. The molecule has 0 radical (unpaired) electrons. The Hall–Kier alpha value is -3.97. The Balaban J connectivity index is 1.37. The maximum Gasteiger partial charge on any atom is 0.341 e. The van der Waals surface area contributed by atoms with E-state index in [9.17, 15) is 4.79 Å². The zero-order chi connectivity index (χ0) is 25.5. The second kappa shape index (κ2) is 11.6. The van der Waals surface area contributed by atoms with Crippen LogP contribution in [-0.2, 0) is 18.0 Å². The van der Waals surface area contributed by atoms with Crippen LogP contribution in [-0.4, -0.2) is 22.8 Å². The van der Waals surface area contributed by atoms with Gasteiger partial charge in [0, 0.05) is 11.5 Å². The summed E-state index contributed by atoms with van der Waals surface area (Å²) in [6, 6.07) is 22.0. The summed E-state index contributed by atoms with van der Waals surface area (Å²) in [4.78, 5) is 10.6. The zero-order valence-corrected chi connectivity index (χ0v) is 20.7. The molecule has 8 heteroatoms. The second-order valence-corrected chi connectivity index (χ2v) is 8.79. The lowest BCUT2D eigenvalue weighted by Gasteiger charge is -2.11. The minimum Gasteiger partial charge on any atom is -0.489 e. The highest BCUT2D eigenvalue weighted by Crippen LogP contribution is 2.34. The van der Waals surface area contributed by atoms with Crippen molar-refractivity contribution in [3.63, 3.8) is 0 Å². The Morgan fingerprint density at radius 2 is 1.47 bits per heavy atom. The maximum atomic E-state index is 10.6. The van der Waals surface area contributed by atoms with Crippen molar-refractivity contribution in [2.24, 2.45) is 0 Å². The normalized spacial score (nSPS) is 10.9. The van der Waals surface area contributed by atoms with Gasteiger partial charge in [-0.1, -0.05) is 60.9 Å². The number of halogens is 1. The highest BCUT2D eigenvalue weighted by molar-refractivity contribution is 6.33. The molecule has 0 saturated carbocycles. The van der Waals surface area contributed by atoms with Crippen molar-refractivity contribution in [1.29, 1.82) is 0 Å². The molecule has 0 atom stereocenters. The van der Waals surface area contributed by atoms with Crippen LogP contribution in [0.25, 0.3) is 11.3 Å². The largest absolute Gasteiger partial charge is 0.489 e. The highest BCUT2D eigenvalue weighted by Gasteiger charge is 2.22. The molecule has 1 heterocycles. The van der Waals surface area contributed by atoms with Crippen molar-refractivity contribution < 1.29 is 28.6 Å². The van der Waals surface area contributed by atoms with Gasteiger partial charge in [0.1, 0.15) is 41.9 Å². The van der Waals surface area contributed by atoms with Crippen LogP contribution in [0.15, 0.2) is 77.3 Å². The van der Waals surface area contributed by atoms with E-state index >= 15 is 0 Å². The molecule has 1 N–H and O–H groups in total. The summed E-state index contributed by atoms with van der Waals surface area (Å²) in [5, 5.41) is 13.6. The molecular formula is C28H26ClNO6. The Kier molecular flexibility index (Phi) is 8.13. The third-order valence-electron chi connectivity index (χ3n) is 5.37. The average Bonchev–Trinajstić information content (AvgIpc) is 3.30. The van der Waals surface area contributed by atoms with Gasteiger partial charge in [-0.3, -0.25) is 0 Å². The number of carbonyl (C=O) groups is 1. The van der Waals surface area contributed by atoms with Crippen LogP contribution >= 0.6 is 11.6 Å². The van der Waals surface area contributed by atoms with Crippen molar-refractivity contribution >= 4 is 17.6 Å². The molecule has 0 aliphatic carbocycles. The number of rotatable bonds is 11. The van der Waals surface area contributed by atoms with Gasteiger partial charge in [-0.15, -0.1) is 0 Å². The summed E-state index contributed by atoms with van der Waals surface area (Å²) in [7, 11) is 0. The van der Waals surface area contributed by atoms with Crippen LogP contribution in [0.2, 0.25) is 5.02 Å². The summed E-state index contributed by atoms with van der Waals surface area (Å²) in [6.45, 7) is 4.38. The number of ether oxygens (including phenoxy) is 3. The fourth-order valence-corrected chi connectivity index (χ4v) is 3.79. The van der Waals surface area contributed by atoms with Crippen LogP contribution in [0.1, 0.15) is 36.7 Å². The van der Waals surface area contributed by atoms with Crippen LogP contribution in [0.3, 0.4) is 0 Å². The molecule has 0 saturated heterocycles. The van der Waals surface area contributed by atoms with E-state index in [0.29, 0.717) is 41.2 Å². The van der Waals surface area contributed by atoms with Crippen molar-refractivity contribution in [2.45, 2.75) is 33.0 Å².